The van der Waals surface area contributed by atoms with Crippen LogP contribution in [0, 0.1) is 5.41 Å². The van der Waals surface area contributed by atoms with Crippen LogP contribution in [-0.4, -0.2) is 16.5 Å². The Morgan fingerprint density at radius 1 is 1.22 bits per heavy atom. The number of rotatable bonds is 5. The van der Waals surface area contributed by atoms with Crippen LogP contribution in [0.3, 0.4) is 0 Å². The normalized spacial score (nSPS) is 11.7. The van der Waals surface area contributed by atoms with Gasteiger partial charge in [0.2, 0.25) is 0 Å². The first kappa shape index (κ1) is 14.7. The third-order valence-corrected chi connectivity index (χ3v) is 2.59. The molecule has 0 aliphatic carbocycles. The summed E-state index contributed by atoms with van der Waals surface area (Å²) in [6, 6.07) is 1.83. The lowest BCUT2D eigenvalue weighted by Gasteiger charge is -2.18. The molecule has 102 valence electrons. The average molecular weight is 251 g/mol. The van der Waals surface area contributed by atoms with Crippen molar-refractivity contribution in [2.24, 2.45) is 11.3 Å². The van der Waals surface area contributed by atoms with Gasteiger partial charge in [0, 0.05) is 18.5 Å². The smallest absolute Gasteiger partial charge is 0.145 e. The Morgan fingerprint density at radius 2 is 1.83 bits per heavy atom. The molecule has 1 rings (SSSR count). The fourth-order valence-electron chi connectivity index (χ4n) is 1.45. The lowest BCUT2D eigenvalue weighted by Crippen LogP contribution is -2.16. The first-order chi connectivity index (χ1) is 8.31. The van der Waals surface area contributed by atoms with Gasteiger partial charge < -0.3 is 10.7 Å². The molecule has 0 fully saturated rings. The Bertz CT molecular complexity index is 381. The largest absolute Gasteiger partial charge is 0.370 e. The second kappa shape index (κ2) is 6.00. The topological polar surface area (TPSA) is 75.9 Å². The Morgan fingerprint density at radius 3 is 2.33 bits per heavy atom. The van der Waals surface area contributed by atoms with Crippen LogP contribution in [0.2, 0.25) is 0 Å². The van der Waals surface area contributed by atoms with Gasteiger partial charge in [-0.05, 0) is 11.8 Å². The van der Waals surface area contributed by atoms with Crippen LogP contribution in [0.25, 0.3) is 0 Å². The van der Waals surface area contributed by atoms with Crippen molar-refractivity contribution in [3.8, 4) is 0 Å². The molecule has 1 aromatic rings. The molecule has 0 saturated carbocycles. The highest BCUT2D eigenvalue weighted by molar-refractivity contribution is 5.47. The molecule has 1 aromatic heterocycles. The van der Waals surface area contributed by atoms with Crippen LogP contribution >= 0.6 is 0 Å². The zero-order valence-electron chi connectivity index (χ0n) is 12.0. The minimum absolute atomic E-state index is 0.279. The van der Waals surface area contributed by atoms with E-state index in [9.17, 15) is 0 Å². The monoisotopic (exact) mass is 251 g/mol. The molecule has 0 atom stereocenters. The van der Waals surface area contributed by atoms with E-state index in [-0.39, 0.29) is 5.92 Å². The third kappa shape index (κ3) is 4.87. The van der Waals surface area contributed by atoms with Crippen LogP contribution in [0.4, 0.5) is 11.6 Å². The van der Waals surface area contributed by atoms with Gasteiger partial charge in [0.1, 0.15) is 17.5 Å². The highest BCUT2D eigenvalue weighted by Gasteiger charge is 2.11. The van der Waals surface area contributed by atoms with Crippen LogP contribution in [0.5, 0.6) is 0 Å². The summed E-state index contributed by atoms with van der Waals surface area (Å²) in [5.41, 5.74) is 2.89. The number of aromatic nitrogens is 2. The standard InChI is InChI=1S/C13H25N5/c1-9(2)12-16-10(8-11(17-12)18-14)15-7-6-13(3,4)5/h8-9H,6-7,14H2,1-5H3,(H2,15,16,17,18). The molecule has 0 bridgehead atoms. The van der Waals surface area contributed by atoms with E-state index in [2.05, 4.69) is 55.3 Å². The Balaban J connectivity index is 2.73. The van der Waals surface area contributed by atoms with Crippen molar-refractivity contribution in [2.75, 3.05) is 17.3 Å². The van der Waals surface area contributed by atoms with Gasteiger partial charge in [0.15, 0.2) is 0 Å². The molecule has 18 heavy (non-hydrogen) atoms. The predicted octanol–water partition coefficient (Wildman–Crippen LogP) is 2.73. The molecule has 1 heterocycles. The summed E-state index contributed by atoms with van der Waals surface area (Å²) in [6.07, 6.45) is 1.08. The molecular formula is C13H25N5. The molecule has 0 unspecified atom stereocenters. The summed E-state index contributed by atoms with van der Waals surface area (Å²) in [4.78, 5) is 8.80. The summed E-state index contributed by atoms with van der Waals surface area (Å²) in [5.74, 6) is 7.96. The van der Waals surface area contributed by atoms with Crippen LogP contribution in [0.15, 0.2) is 6.07 Å². The maximum Gasteiger partial charge on any atom is 0.145 e. The van der Waals surface area contributed by atoms with E-state index in [1.54, 1.807) is 0 Å². The molecule has 0 spiro atoms. The van der Waals surface area contributed by atoms with Crippen LogP contribution in [-0.2, 0) is 0 Å². The summed E-state index contributed by atoms with van der Waals surface area (Å²) in [6.45, 7) is 11.7. The molecule has 0 radical (unpaired) electrons. The minimum Gasteiger partial charge on any atom is -0.370 e. The van der Waals surface area contributed by atoms with Gasteiger partial charge in [-0.15, -0.1) is 0 Å². The van der Waals surface area contributed by atoms with Gasteiger partial charge in [-0.3, -0.25) is 0 Å². The molecule has 0 aliphatic rings. The zero-order valence-corrected chi connectivity index (χ0v) is 12.0. The van der Waals surface area contributed by atoms with E-state index in [0.717, 1.165) is 24.6 Å². The van der Waals surface area contributed by atoms with Crippen molar-refractivity contribution in [2.45, 2.75) is 47.0 Å². The van der Waals surface area contributed by atoms with Gasteiger partial charge in [0.25, 0.3) is 0 Å². The summed E-state index contributed by atoms with van der Waals surface area (Å²) in [5, 5.41) is 3.32. The van der Waals surface area contributed by atoms with E-state index in [4.69, 9.17) is 5.84 Å². The van der Waals surface area contributed by atoms with Gasteiger partial charge in [-0.1, -0.05) is 34.6 Å². The van der Waals surface area contributed by atoms with Crippen molar-refractivity contribution < 1.29 is 0 Å². The fourth-order valence-corrected chi connectivity index (χ4v) is 1.45. The van der Waals surface area contributed by atoms with E-state index in [0.29, 0.717) is 11.2 Å². The Labute approximate surface area is 110 Å². The zero-order chi connectivity index (χ0) is 13.8. The molecular weight excluding hydrogens is 226 g/mol. The number of nitrogens with one attached hydrogen (secondary N) is 2. The SMILES string of the molecule is CC(C)c1nc(NN)cc(NCCC(C)(C)C)n1. The molecule has 0 saturated heterocycles. The number of nitrogen functional groups attached to an aromatic ring is 1. The second-order valence-corrected chi connectivity index (χ2v) is 6.03. The Hall–Kier alpha value is -1.36. The van der Waals surface area contributed by atoms with Crippen LogP contribution < -0.4 is 16.6 Å². The van der Waals surface area contributed by atoms with E-state index in [1.165, 1.54) is 0 Å². The Kier molecular flexibility index (Phi) is 4.90. The van der Waals surface area contributed by atoms with Crippen molar-refractivity contribution in [1.82, 2.24) is 9.97 Å². The van der Waals surface area contributed by atoms with Crippen molar-refractivity contribution in [3.63, 3.8) is 0 Å². The van der Waals surface area contributed by atoms with Gasteiger partial charge in [-0.25, -0.2) is 15.8 Å². The van der Waals surface area contributed by atoms with Crippen molar-refractivity contribution >= 4 is 11.6 Å². The quantitative estimate of drug-likeness (QED) is 0.554. The summed E-state index contributed by atoms with van der Waals surface area (Å²) < 4.78 is 0. The number of anilines is 2. The van der Waals surface area contributed by atoms with E-state index in [1.807, 2.05) is 6.07 Å². The molecule has 5 heteroatoms. The van der Waals surface area contributed by atoms with Gasteiger partial charge >= 0.3 is 0 Å². The lowest BCUT2D eigenvalue weighted by atomic mass is 9.92. The van der Waals surface area contributed by atoms with Crippen LogP contribution in [0.1, 0.15) is 52.8 Å². The van der Waals surface area contributed by atoms with E-state index >= 15 is 0 Å². The number of nitrogens with two attached hydrogens (primary N) is 1. The highest BCUT2D eigenvalue weighted by atomic mass is 15.3. The van der Waals surface area contributed by atoms with E-state index < -0.39 is 0 Å². The summed E-state index contributed by atoms with van der Waals surface area (Å²) in [7, 11) is 0. The molecule has 0 amide bonds. The highest BCUT2D eigenvalue weighted by Crippen LogP contribution is 2.20. The minimum atomic E-state index is 0.279. The van der Waals surface area contributed by atoms with Gasteiger partial charge in [-0.2, -0.15) is 0 Å². The molecule has 0 aliphatic heterocycles. The fraction of sp³-hybridized carbons (Fsp3) is 0.692. The number of hydrazine groups is 1. The van der Waals surface area contributed by atoms with Crippen molar-refractivity contribution in [3.05, 3.63) is 11.9 Å². The maximum absolute atomic E-state index is 5.42. The summed E-state index contributed by atoms with van der Waals surface area (Å²) >= 11 is 0. The van der Waals surface area contributed by atoms with Crippen molar-refractivity contribution in [1.29, 1.82) is 0 Å². The lowest BCUT2D eigenvalue weighted by molar-refractivity contribution is 0.389. The predicted molar refractivity (Wildman–Crippen MR) is 76.5 cm³/mol. The van der Waals surface area contributed by atoms with Gasteiger partial charge in [0.05, 0.1) is 0 Å². The first-order valence-corrected chi connectivity index (χ1v) is 6.41. The molecule has 0 aromatic carbocycles. The first-order valence-electron chi connectivity index (χ1n) is 6.41. The average Bonchev–Trinajstić information content (AvgIpc) is 2.26. The number of hydrogen-bond acceptors (Lipinski definition) is 5. The number of hydrogen-bond donors (Lipinski definition) is 3. The maximum atomic E-state index is 5.42. The second-order valence-electron chi connectivity index (χ2n) is 6.03. The number of nitrogens with zero attached hydrogens (tertiary/aromatic N) is 2. The third-order valence-electron chi connectivity index (χ3n) is 2.59. The molecule has 5 nitrogen and oxygen atoms in total. The molecule has 4 N–H and O–H groups in total.